The van der Waals surface area contributed by atoms with Crippen LogP contribution < -0.4 is 0 Å². The highest BCUT2D eigenvalue weighted by Gasteiger charge is 2.09. The summed E-state index contributed by atoms with van der Waals surface area (Å²) in [5.74, 6) is -0.617. The Bertz CT molecular complexity index is 359. The van der Waals surface area contributed by atoms with Gasteiger partial charge in [0.05, 0.1) is 17.6 Å². The molecule has 0 bridgehead atoms. The van der Waals surface area contributed by atoms with Gasteiger partial charge in [0.25, 0.3) is 5.69 Å². The summed E-state index contributed by atoms with van der Waals surface area (Å²) in [5, 5.41) is 10.3. The van der Waals surface area contributed by atoms with Gasteiger partial charge in [-0.3, -0.25) is 10.1 Å². The van der Waals surface area contributed by atoms with Gasteiger partial charge in [-0.05, 0) is 12.1 Å². The summed E-state index contributed by atoms with van der Waals surface area (Å²) in [6.07, 6.45) is 0. The number of hydrogen-bond acceptors (Lipinski definition) is 5. The Morgan fingerprint density at radius 3 is 2.47 bits per heavy atom. The summed E-state index contributed by atoms with van der Waals surface area (Å²) in [7, 11) is 3.02. The fourth-order valence-electron chi connectivity index (χ4n) is 0.898. The Morgan fingerprint density at radius 1 is 1.40 bits per heavy atom. The van der Waals surface area contributed by atoms with Crippen LogP contribution in [0.5, 0.6) is 0 Å². The van der Waals surface area contributed by atoms with Crippen LogP contribution in [0.1, 0.15) is 10.4 Å². The number of nitrogens with zero attached hydrogens (tertiary/aromatic N) is 1. The van der Waals surface area contributed by atoms with Crippen LogP contribution in [0, 0.1) is 17.2 Å². The molecule has 0 spiro atoms. The van der Waals surface area contributed by atoms with E-state index in [1.165, 1.54) is 24.3 Å². The van der Waals surface area contributed by atoms with E-state index in [9.17, 15) is 14.9 Å². The molecule has 0 N–H and O–H groups in total. The van der Waals surface area contributed by atoms with Crippen LogP contribution in [0.3, 0.4) is 0 Å². The Balaban J connectivity index is 2.71. The number of benzene rings is 1. The van der Waals surface area contributed by atoms with Crippen LogP contribution in [-0.2, 0) is 9.47 Å². The Kier molecular flexibility index (Phi) is 3.75. The van der Waals surface area contributed by atoms with Gasteiger partial charge in [0.2, 0.25) is 0 Å². The highest BCUT2D eigenvalue weighted by molar-refractivity contribution is 5.89. The molecule has 1 aromatic rings. The van der Waals surface area contributed by atoms with Crippen molar-refractivity contribution in [1.29, 1.82) is 0 Å². The van der Waals surface area contributed by atoms with Crippen LogP contribution in [0.2, 0.25) is 0 Å². The van der Waals surface area contributed by atoms with E-state index in [1.807, 2.05) is 0 Å². The van der Waals surface area contributed by atoms with Crippen molar-refractivity contribution in [2.75, 3.05) is 6.79 Å². The van der Waals surface area contributed by atoms with E-state index >= 15 is 0 Å². The first-order valence-electron chi connectivity index (χ1n) is 3.93. The maximum atomic E-state index is 11.2. The second kappa shape index (κ2) is 5.06. The summed E-state index contributed by atoms with van der Waals surface area (Å²) in [6, 6.07) is 5.07. The Labute approximate surface area is 85.6 Å². The molecular formula is C9H8NO5. The third-order valence-electron chi connectivity index (χ3n) is 1.59. The number of rotatable bonds is 4. The average molecular weight is 210 g/mol. The second-order valence-electron chi connectivity index (χ2n) is 2.56. The predicted molar refractivity (Wildman–Crippen MR) is 49.8 cm³/mol. The fraction of sp³-hybridized carbons (Fsp3) is 0.111. The van der Waals surface area contributed by atoms with Gasteiger partial charge in [-0.2, -0.15) is 0 Å². The molecule has 6 heteroatoms. The van der Waals surface area contributed by atoms with Crippen molar-refractivity contribution in [3.8, 4) is 0 Å². The van der Waals surface area contributed by atoms with Gasteiger partial charge in [-0.15, -0.1) is 0 Å². The Hall–Kier alpha value is -1.95. The SMILES string of the molecule is [CH2]OCOC(=O)c1ccc([N+](=O)[O-])cc1. The number of non-ortho nitro benzene ring substituents is 1. The topological polar surface area (TPSA) is 78.7 Å². The maximum absolute atomic E-state index is 11.2. The third-order valence-corrected chi connectivity index (χ3v) is 1.59. The summed E-state index contributed by atoms with van der Waals surface area (Å²) in [4.78, 5) is 21.0. The summed E-state index contributed by atoms with van der Waals surface area (Å²) >= 11 is 0. The highest BCUT2D eigenvalue weighted by atomic mass is 16.7. The van der Waals surface area contributed by atoms with Crippen LogP contribution in [0.15, 0.2) is 24.3 Å². The smallest absolute Gasteiger partial charge is 0.340 e. The van der Waals surface area contributed by atoms with Crippen LogP contribution in [0.4, 0.5) is 5.69 Å². The summed E-state index contributed by atoms with van der Waals surface area (Å²) in [6.45, 7) is -0.254. The van der Waals surface area contributed by atoms with Crippen molar-refractivity contribution in [1.82, 2.24) is 0 Å². The zero-order valence-electron chi connectivity index (χ0n) is 7.71. The zero-order chi connectivity index (χ0) is 11.3. The second-order valence-corrected chi connectivity index (χ2v) is 2.56. The van der Waals surface area contributed by atoms with Crippen LogP contribution in [-0.4, -0.2) is 17.7 Å². The molecule has 15 heavy (non-hydrogen) atoms. The molecule has 0 unspecified atom stereocenters. The fourth-order valence-corrected chi connectivity index (χ4v) is 0.898. The van der Waals surface area contributed by atoms with Gasteiger partial charge in [0, 0.05) is 12.1 Å². The minimum Gasteiger partial charge on any atom is -0.435 e. The summed E-state index contributed by atoms with van der Waals surface area (Å²) in [5.41, 5.74) is 0.137. The van der Waals surface area contributed by atoms with Gasteiger partial charge in [0.1, 0.15) is 0 Å². The number of esters is 1. The van der Waals surface area contributed by atoms with Crippen molar-refractivity contribution in [3.63, 3.8) is 0 Å². The van der Waals surface area contributed by atoms with Crippen molar-refractivity contribution in [2.24, 2.45) is 0 Å². The highest BCUT2D eigenvalue weighted by Crippen LogP contribution is 2.12. The molecule has 1 radical (unpaired) electrons. The molecule has 6 nitrogen and oxygen atoms in total. The van der Waals surface area contributed by atoms with Gasteiger partial charge in [0.15, 0.2) is 6.79 Å². The van der Waals surface area contributed by atoms with Gasteiger partial charge in [-0.1, -0.05) is 0 Å². The lowest BCUT2D eigenvalue weighted by atomic mass is 10.2. The zero-order valence-corrected chi connectivity index (χ0v) is 7.71. The van der Waals surface area contributed by atoms with Gasteiger partial charge < -0.3 is 9.47 Å². The lowest BCUT2D eigenvalue weighted by Crippen LogP contribution is -2.06. The molecule has 0 atom stereocenters. The monoisotopic (exact) mass is 210 g/mol. The summed E-state index contributed by atoms with van der Waals surface area (Å²) < 4.78 is 8.88. The molecule has 0 aliphatic heterocycles. The lowest BCUT2D eigenvalue weighted by Gasteiger charge is -2.01. The van der Waals surface area contributed by atoms with Crippen molar-refractivity contribution in [3.05, 3.63) is 47.1 Å². The van der Waals surface area contributed by atoms with Gasteiger partial charge >= 0.3 is 5.97 Å². The molecule has 1 rings (SSSR count). The predicted octanol–water partition coefficient (Wildman–Crippen LogP) is 1.52. The third kappa shape index (κ3) is 3.03. The normalized spacial score (nSPS) is 9.67. The number of carbonyl (C=O) groups is 1. The first-order valence-corrected chi connectivity index (χ1v) is 3.93. The molecule has 0 fully saturated rings. The van der Waals surface area contributed by atoms with E-state index in [2.05, 4.69) is 16.6 Å². The molecule has 0 aromatic heterocycles. The standard InChI is InChI=1S/C9H8NO5/c1-14-6-15-9(11)7-2-4-8(5-3-7)10(12)13/h2-5H,1,6H2. The molecule has 0 saturated heterocycles. The Morgan fingerprint density at radius 2 is 2.00 bits per heavy atom. The van der Waals surface area contributed by atoms with Crippen molar-refractivity contribution < 1.29 is 19.2 Å². The first kappa shape index (κ1) is 11.1. The van der Waals surface area contributed by atoms with E-state index in [0.29, 0.717) is 0 Å². The molecule has 0 saturated carbocycles. The molecule has 0 aliphatic carbocycles. The first-order chi connectivity index (χ1) is 7.15. The lowest BCUT2D eigenvalue weighted by molar-refractivity contribution is -0.384. The van der Waals surface area contributed by atoms with Gasteiger partial charge in [-0.25, -0.2) is 4.79 Å². The molecule has 0 heterocycles. The number of ether oxygens (including phenoxy) is 2. The molecular weight excluding hydrogens is 202 g/mol. The molecule has 79 valence electrons. The van der Waals surface area contributed by atoms with Crippen molar-refractivity contribution >= 4 is 11.7 Å². The number of hydrogen-bond donors (Lipinski definition) is 0. The van der Waals surface area contributed by atoms with Crippen LogP contribution in [0.25, 0.3) is 0 Å². The minimum absolute atomic E-state index is 0.0834. The average Bonchev–Trinajstić information content (AvgIpc) is 2.26. The van der Waals surface area contributed by atoms with E-state index in [1.54, 1.807) is 0 Å². The quantitative estimate of drug-likeness (QED) is 0.326. The largest absolute Gasteiger partial charge is 0.435 e. The van der Waals surface area contributed by atoms with E-state index in [0.717, 1.165) is 0 Å². The molecule has 1 aromatic carbocycles. The van der Waals surface area contributed by atoms with E-state index in [4.69, 9.17) is 0 Å². The minimum atomic E-state index is -0.617. The molecule has 0 aliphatic rings. The number of carbonyl (C=O) groups excluding carboxylic acids is 1. The maximum Gasteiger partial charge on any atom is 0.340 e. The number of nitro groups is 1. The van der Waals surface area contributed by atoms with Crippen molar-refractivity contribution in [2.45, 2.75) is 0 Å². The van der Waals surface area contributed by atoms with Crippen LogP contribution >= 0.6 is 0 Å². The number of nitro benzene ring substituents is 1. The molecule has 0 amide bonds. The van der Waals surface area contributed by atoms with E-state index in [-0.39, 0.29) is 18.0 Å². The van der Waals surface area contributed by atoms with E-state index < -0.39 is 10.9 Å².